The minimum absolute atomic E-state index is 0.198. The molecule has 4 N–H and O–H groups in total. The third kappa shape index (κ3) is 2.87. The first-order valence-corrected chi connectivity index (χ1v) is 5.92. The number of hydrogen-bond acceptors (Lipinski definition) is 4. The molecule has 0 heterocycles. The molecule has 100 valence electrons. The molecule has 0 aliphatic rings. The van der Waals surface area contributed by atoms with Gasteiger partial charge in [0.1, 0.15) is 6.61 Å². The number of amides is 1. The van der Waals surface area contributed by atoms with Crippen molar-refractivity contribution in [2.75, 3.05) is 5.73 Å². The van der Waals surface area contributed by atoms with Crippen LogP contribution in [0.3, 0.4) is 0 Å². The van der Waals surface area contributed by atoms with Gasteiger partial charge in [0.05, 0.1) is 22.9 Å². The van der Waals surface area contributed by atoms with Crippen LogP contribution in [0.5, 0.6) is 5.75 Å². The number of hydrogen-bond donors (Lipinski definition) is 2. The van der Waals surface area contributed by atoms with Gasteiger partial charge in [0.25, 0.3) is 5.91 Å². The molecule has 0 spiro atoms. The van der Waals surface area contributed by atoms with Gasteiger partial charge in [0, 0.05) is 0 Å². The molecule has 5 heteroatoms. The minimum Gasteiger partial charge on any atom is -0.486 e. The van der Waals surface area contributed by atoms with Crippen LogP contribution in [-0.4, -0.2) is 5.91 Å². The number of para-hydroxylation sites is 1. The minimum atomic E-state index is -0.599. The number of carbonyl (C=O) groups is 1. The molecule has 5 nitrogen and oxygen atoms in total. The highest BCUT2D eigenvalue weighted by molar-refractivity contribution is 5.97. The van der Waals surface area contributed by atoms with Crippen molar-refractivity contribution in [1.82, 2.24) is 0 Å². The van der Waals surface area contributed by atoms with E-state index in [0.717, 1.165) is 5.56 Å². The SMILES string of the molecule is N#Cc1cccc(COc2c(N)cccc2C(N)=O)c1. The van der Waals surface area contributed by atoms with Gasteiger partial charge >= 0.3 is 0 Å². The third-order valence-corrected chi connectivity index (χ3v) is 2.75. The number of rotatable bonds is 4. The van der Waals surface area contributed by atoms with E-state index in [9.17, 15) is 4.79 Å². The van der Waals surface area contributed by atoms with Crippen LogP contribution in [0.25, 0.3) is 0 Å². The molecule has 0 aliphatic heterocycles. The Morgan fingerprint density at radius 3 is 2.70 bits per heavy atom. The molecule has 2 rings (SSSR count). The van der Waals surface area contributed by atoms with Crippen LogP contribution in [0, 0.1) is 11.3 Å². The molecule has 0 aliphatic carbocycles. The number of anilines is 1. The molecular weight excluding hydrogens is 254 g/mol. The Labute approximate surface area is 116 Å². The van der Waals surface area contributed by atoms with Gasteiger partial charge in [-0.05, 0) is 29.8 Å². The Bertz CT molecular complexity index is 690. The summed E-state index contributed by atoms with van der Waals surface area (Å²) in [6.45, 7) is 0.198. The summed E-state index contributed by atoms with van der Waals surface area (Å²) < 4.78 is 5.58. The van der Waals surface area contributed by atoms with Gasteiger partial charge in [-0.1, -0.05) is 18.2 Å². The fourth-order valence-electron chi connectivity index (χ4n) is 1.80. The first-order chi connectivity index (χ1) is 9.61. The van der Waals surface area contributed by atoms with Crippen LogP contribution >= 0.6 is 0 Å². The van der Waals surface area contributed by atoms with E-state index in [1.807, 2.05) is 6.07 Å². The van der Waals surface area contributed by atoms with Gasteiger partial charge < -0.3 is 16.2 Å². The molecule has 0 bridgehead atoms. The highest BCUT2D eigenvalue weighted by atomic mass is 16.5. The lowest BCUT2D eigenvalue weighted by molar-refractivity contribution is 0.0996. The van der Waals surface area contributed by atoms with Crippen LogP contribution in [-0.2, 0) is 6.61 Å². The summed E-state index contributed by atoms with van der Waals surface area (Å²) in [6, 6.07) is 13.9. The number of benzene rings is 2. The summed E-state index contributed by atoms with van der Waals surface area (Å²) in [5, 5.41) is 8.84. The zero-order valence-electron chi connectivity index (χ0n) is 10.7. The van der Waals surface area contributed by atoms with Crippen LogP contribution in [0.15, 0.2) is 42.5 Å². The maximum atomic E-state index is 11.3. The number of primary amides is 1. The van der Waals surface area contributed by atoms with Crippen molar-refractivity contribution < 1.29 is 9.53 Å². The van der Waals surface area contributed by atoms with Crippen LogP contribution in [0.2, 0.25) is 0 Å². The second kappa shape index (κ2) is 5.76. The van der Waals surface area contributed by atoms with Gasteiger partial charge in [-0.25, -0.2) is 0 Å². The van der Waals surface area contributed by atoms with Gasteiger partial charge in [-0.3, -0.25) is 4.79 Å². The quantitative estimate of drug-likeness (QED) is 0.825. The van der Waals surface area contributed by atoms with Crippen molar-refractivity contribution in [1.29, 1.82) is 5.26 Å². The molecular formula is C15H13N3O2. The molecule has 20 heavy (non-hydrogen) atoms. The molecule has 1 amide bonds. The predicted molar refractivity (Wildman–Crippen MR) is 74.9 cm³/mol. The third-order valence-electron chi connectivity index (χ3n) is 2.75. The van der Waals surface area contributed by atoms with Crippen molar-refractivity contribution >= 4 is 11.6 Å². The average Bonchev–Trinajstić information content (AvgIpc) is 2.45. The number of nitrogens with zero attached hydrogens (tertiary/aromatic N) is 1. The summed E-state index contributed by atoms with van der Waals surface area (Å²) in [7, 11) is 0. The zero-order chi connectivity index (χ0) is 14.5. The maximum absolute atomic E-state index is 11.3. The van der Waals surface area contributed by atoms with E-state index in [0.29, 0.717) is 11.3 Å². The van der Waals surface area contributed by atoms with Gasteiger partial charge in [-0.2, -0.15) is 5.26 Å². The van der Waals surface area contributed by atoms with E-state index in [-0.39, 0.29) is 17.9 Å². The second-order valence-electron chi connectivity index (χ2n) is 4.19. The number of nitriles is 1. The van der Waals surface area contributed by atoms with Crippen molar-refractivity contribution in [2.45, 2.75) is 6.61 Å². The Balaban J connectivity index is 2.23. The van der Waals surface area contributed by atoms with Gasteiger partial charge in [-0.15, -0.1) is 0 Å². The molecule has 0 aromatic heterocycles. The van der Waals surface area contributed by atoms with E-state index in [1.54, 1.807) is 36.4 Å². The van der Waals surface area contributed by atoms with Crippen molar-refractivity contribution in [3.63, 3.8) is 0 Å². The maximum Gasteiger partial charge on any atom is 0.252 e. The van der Waals surface area contributed by atoms with Crippen molar-refractivity contribution in [3.8, 4) is 11.8 Å². The molecule has 0 radical (unpaired) electrons. The fraction of sp³-hybridized carbons (Fsp3) is 0.0667. The first-order valence-electron chi connectivity index (χ1n) is 5.92. The molecule has 0 unspecified atom stereocenters. The highest BCUT2D eigenvalue weighted by Gasteiger charge is 2.12. The van der Waals surface area contributed by atoms with Crippen molar-refractivity contribution in [3.05, 3.63) is 59.2 Å². The summed E-state index contributed by atoms with van der Waals surface area (Å²) >= 11 is 0. The Kier molecular flexibility index (Phi) is 3.87. The van der Waals surface area contributed by atoms with Gasteiger partial charge in [0.15, 0.2) is 5.75 Å². The molecule has 0 fully saturated rings. The average molecular weight is 267 g/mol. The van der Waals surface area contributed by atoms with E-state index >= 15 is 0 Å². The normalized spacial score (nSPS) is 9.75. The van der Waals surface area contributed by atoms with Crippen LogP contribution in [0.1, 0.15) is 21.5 Å². The Morgan fingerprint density at radius 1 is 1.25 bits per heavy atom. The first kappa shape index (κ1) is 13.4. The second-order valence-corrected chi connectivity index (χ2v) is 4.19. The number of carbonyl (C=O) groups excluding carboxylic acids is 1. The van der Waals surface area contributed by atoms with E-state index in [1.165, 1.54) is 0 Å². The Morgan fingerprint density at radius 2 is 2.00 bits per heavy atom. The van der Waals surface area contributed by atoms with E-state index in [2.05, 4.69) is 6.07 Å². The van der Waals surface area contributed by atoms with Gasteiger partial charge in [0.2, 0.25) is 0 Å². The number of nitrogens with two attached hydrogens (primary N) is 2. The molecule has 0 atom stereocenters. The largest absolute Gasteiger partial charge is 0.486 e. The lowest BCUT2D eigenvalue weighted by atomic mass is 10.1. The highest BCUT2D eigenvalue weighted by Crippen LogP contribution is 2.27. The van der Waals surface area contributed by atoms with Crippen molar-refractivity contribution in [2.24, 2.45) is 5.73 Å². The summed E-state index contributed by atoms with van der Waals surface area (Å²) in [5.74, 6) is -0.333. The van der Waals surface area contributed by atoms with E-state index in [4.69, 9.17) is 21.5 Å². The lowest BCUT2D eigenvalue weighted by Gasteiger charge is -2.12. The molecule has 0 saturated carbocycles. The lowest BCUT2D eigenvalue weighted by Crippen LogP contribution is -2.14. The smallest absolute Gasteiger partial charge is 0.252 e. The summed E-state index contributed by atoms with van der Waals surface area (Å²) in [5.41, 5.74) is 13.0. The number of ether oxygens (including phenoxy) is 1. The van der Waals surface area contributed by atoms with E-state index < -0.39 is 5.91 Å². The molecule has 0 saturated heterocycles. The summed E-state index contributed by atoms with van der Waals surface area (Å²) in [6.07, 6.45) is 0. The summed E-state index contributed by atoms with van der Waals surface area (Å²) in [4.78, 5) is 11.3. The molecule has 2 aromatic carbocycles. The Hall–Kier alpha value is -3.00. The topological polar surface area (TPSA) is 102 Å². The monoisotopic (exact) mass is 267 g/mol. The number of nitrogen functional groups attached to an aromatic ring is 1. The standard InChI is InChI=1S/C15H13N3O2/c16-8-10-3-1-4-11(7-10)9-20-14-12(15(18)19)5-2-6-13(14)17/h1-7H,9,17H2,(H2,18,19). The molecule has 2 aromatic rings. The predicted octanol–water partition coefficient (Wildman–Crippen LogP) is 1.82. The zero-order valence-corrected chi connectivity index (χ0v) is 10.7. The van der Waals surface area contributed by atoms with Crippen LogP contribution < -0.4 is 16.2 Å². The van der Waals surface area contributed by atoms with Crippen LogP contribution in [0.4, 0.5) is 5.69 Å². The fourth-order valence-corrected chi connectivity index (χ4v) is 1.80.